The Morgan fingerprint density at radius 2 is 1.67 bits per heavy atom. The molecule has 0 saturated heterocycles. The van der Waals surface area contributed by atoms with Crippen molar-refractivity contribution in [2.24, 2.45) is 17.6 Å². The summed E-state index contributed by atoms with van der Waals surface area (Å²) in [4.78, 5) is 24.7. The SMILES string of the molecule is COCCCOc1cc(C[C@@H](C[C@H](N)[C@@H](O)CNc2c(NC3Cc4ccccc4C3)c(=O)c2=O)C(C)C)ccc1OC. The number of hydrogen-bond acceptors (Lipinski definition) is 9. The van der Waals surface area contributed by atoms with Crippen LogP contribution in [0.15, 0.2) is 52.1 Å². The van der Waals surface area contributed by atoms with E-state index in [4.69, 9.17) is 19.9 Å². The minimum Gasteiger partial charge on any atom is -0.493 e. The van der Waals surface area contributed by atoms with E-state index < -0.39 is 23.0 Å². The molecule has 0 aromatic heterocycles. The predicted octanol–water partition coefficient (Wildman–Crippen LogP) is 3.29. The van der Waals surface area contributed by atoms with Crippen LogP contribution in [0, 0.1) is 11.8 Å². The van der Waals surface area contributed by atoms with E-state index in [-0.39, 0.29) is 24.2 Å². The first-order chi connectivity index (χ1) is 20.2. The average molecular weight is 580 g/mol. The Morgan fingerprint density at radius 1 is 0.976 bits per heavy atom. The van der Waals surface area contributed by atoms with Gasteiger partial charge in [-0.15, -0.1) is 0 Å². The van der Waals surface area contributed by atoms with Crippen LogP contribution in [0.2, 0.25) is 0 Å². The summed E-state index contributed by atoms with van der Waals surface area (Å²) in [6.45, 7) is 5.54. The highest BCUT2D eigenvalue weighted by atomic mass is 16.5. The van der Waals surface area contributed by atoms with Crippen molar-refractivity contribution in [2.45, 2.75) is 64.1 Å². The van der Waals surface area contributed by atoms with Gasteiger partial charge in [-0.05, 0) is 66.3 Å². The zero-order chi connectivity index (χ0) is 30.2. The van der Waals surface area contributed by atoms with Crippen molar-refractivity contribution in [1.29, 1.82) is 0 Å². The Hall–Kier alpha value is -3.40. The fraction of sp³-hybridized carbons (Fsp3) is 0.515. The first-order valence-electron chi connectivity index (χ1n) is 14.8. The van der Waals surface area contributed by atoms with Crippen molar-refractivity contribution in [1.82, 2.24) is 0 Å². The van der Waals surface area contributed by atoms with E-state index in [1.54, 1.807) is 14.2 Å². The van der Waals surface area contributed by atoms with Crippen molar-refractivity contribution in [2.75, 3.05) is 44.6 Å². The minimum absolute atomic E-state index is 0.0551. The lowest BCUT2D eigenvalue weighted by Gasteiger charge is -2.28. The van der Waals surface area contributed by atoms with Crippen LogP contribution in [-0.4, -0.2) is 57.3 Å². The van der Waals surface area contributed by atoms with Crippen LogP contribution in [0.25, 0.3) is 0 Å². The van der Waals surface area contributed by atoms with Gasteiger partial charge in [0.15, 0.2) is 11.5 Å². The molecule has 0 amide bonds. The smallest absolute Gasteiger partial charge is 0.253 e. The van der Waals surface area contributed by atoms with Crippen LogP contribution in [0.4, 0.5) is 11.4 Å². The number of rotatable bonds is 17. The highest BCUT2D eigenvalue weighted by Gasteiger charge is 2.28. The Bertz CT molecular complexity index is 1360. The molecule has 4 rings (SSSR count). The Morgan fingerprint density at radius 3 is 2.31 bits per heavy atom. The summed E-state index contributed by atoms with van der Waals surface area (Å²) in [5.74, 6) is 1.90. The maximum atomic E-state index is 12.3. The summed E-state index contributed by atoms with van der Waals surface area (Å²) in [6, 6.07) is 13.7. The lowest BCUT2D eigenvalue weighted by atomic mass is 9.83. The molecule has 0 bridgehead atoms. The van der Waals surface area contributed by atoms with Gasteiger partial charge < -0.3 is 35.7 Å². The summed E-state index contributed by atoms with van der Waals surface area (Å²) in [7, 11) is 3.29. The molecule has 5 N–H and O–H groups in total. The molecule has 0 saturated carbocycles. The van der Waals surface area contributed by atoms with Crippen molar-refractivity contribution < 1.29 is 19.3 Å². The van der Waals surface area contributed by atoms with Gasteiger partial charge in [0.2, 0.25) is 0 Å². The topological polar surface area (TPSA) is 132 Å². The molecule has 0 spiro atoms. The lowest BCUT2D eigenvalue weighted by Crippen LogP contribution is -2.44. The third-order valence-electron chi connectivity index (χ3n) is 8.29. The predicted molar refractivity (Wildman–Crippen MR) is 167 cm³/mol. The Labute approximate surface area is 248 Å². The number of nitrogens with one attached hydrogen (secondary N) is 2. The molecular formula is C33H45N3O6. The Kier molecular flexibility index (Phi) is 11.0. The van der Waals surface area contributed by atoms with Gasteiger partial charge in [-0.3, -0.25) is 9.59 Å². The van der Waals surface area contributed by atoms with Crippen molar-refractivity contribution >= 4 is 11.4 Å². The van der Waals surface area contributed by atoms with Gasteiger partial charge in [0.05, 0.1) is 19.8 Å². The van der Waals surface area contributed by atoms with Crippen LogP contribution in [0.5, 0.6) is 11.5 Å². The molecule has 1 aliphatic carbocycles. The zero-order valence-electron chi connectivity index (χ0n) is 25.2. The zero-order valence-corrected chi connectivity index (χ0v) is 25.2. The maximum absolute atomic E-state index is 12.3. The highest BCUT2D eigenvalue weighted by molar-refractivity contribution is 5.74. The van der Waals surface area contributed by atoms with Crippen LogP contribution >= 0.6 is 0 Å². The number of anilines is 2. The third-order valence-corrected chi connectivity index (χ3v) is 8.29. The van der Waals surface area contributed by atoms with Crippen LogP contribution in [0.3, 0.4) is 0 Å². The van der Waals surface area contributed by atoms with E-state index in [9.17, 15) is 14.7 Å². The molecule has 0 unspecified atom stereocenters. The molecule has 3 atom stereocenters. The normalized spacial score (nSPS) is 15.4. The number of aliphatic hydroxyl groups excluding tert-OH is 1. The second-order valence-corrected chi connectivity index (χ2v) is 11.7. The first kappa shape index (κ1) is 31.5. The number of hydrogen-bond donors (Lipinski definition) is 4. The standard InChI is InChI=1S/C33H45N3O6/c1-20(2)24(14-21-10-11-28(41-4)29(15-21)42-13-7-12-40-3)18-26(34)27(37)19-35-30-31(33(39)32(30)38)36-25-16-22-8-5-6-9-23(22)17-25/h5-6,8-11,15,20,24-27,35-37H,7,12-14,16-19,34H2,1-4H3/t24-,26-,27-/m0/s1. The second-order valence-electron chi connectivity index (χ2n) is 11.7. The summed E-state index contributed by atoms with van der Waals surface area (Å²) < 4.78 is 16.5. The molecule has 9 heteroatoms. The van der Waals surface area contributed by atoms with E-state index in [0.29, 0.717) is 42.7 Å². The highest BCUT2D eigenvalue weighted by Crippen LogP contribution is 2.31. The van der Waals surface area contributed by atoms with Gasteiger partial charge in [-0.25, -0.2) is 0 Å². The van der Waals surface area contributed by atoms with Crippen LogP contribution in [0.1, 0.15) is 43.4 Å². The molecule has 0 heterocycles. The Balaban J connectivity index is 1.32. The molecular weight excluding hydrogens is 534 g/mol. The maximum Gasteiger partial charge on any atom is 0.253 e. The van der Waals surface area contributed by atoms with Crippen molar-refractivity contribution in [3.63, 3.8) is 0 Å². The van der Waals surface area contributed by atoms with E-state index in [1.165, 1.54) is 11.1 Å². The van der Waals surface area contributed by atoms with Crippen molar-refractivity contribution in [3.05, 3.63) is 79.6 Å². The average Bonchev–Trinajstić information content (AvgIpc) is 3.41. The summed E-state index contributed by atoms with van der Waals surface area (Å²) in [5.41, 5.74) is 9.54. The molecule has 228 valence electrons. The fourth-order valence-corrected chi connectivity index (χ4v) is 5.67. The number of aliphatic hydroxyl groups is 1. The number of benzene rings is 2. The first-order valence-corrected chi connectivity index (χ1v) is 14.8. The molecule has 3 aromatic rings. The quantitative estimate of drug-likeness (QED) is 0.140. The third kappa shape index (κ3) is 7.70. The fourth-order valence-electron chi connectivity index (χ4n) is 5.67. The molecule has 0 fully saturated rings. The molecule has 0 aliphatic heterocycles. The number of ether oxygens (including phenoxy) is 3. The molecule has 0 radical (unpaired) electrons. The number of methoxy groups -OCH3 is 2. The largest absolute Gasteiger partial charge is 0.493 e. The van der Waals surface area contributed by atoms with Gasteiger partial charge >= 0.3 is 0 Å². The molecule has 9 nitrogen and oxygen atoms in total. The van der Waals surface area contributed by atoms with E-state index >= 15 is 0 Å². The van der Waals surface area contributed by atoms with E-state index in [1.807, 2.05) is 30.3 Å². The summed E-state index contributed by atoms with van der Waals surface area (Å²) >= 11 is 0. The van der Waals surface area contributed by atoms with Gasteiger partial charge in [0.1, 0.15) is 11.4 Å². The monoisotopic (exact) mass is 579 g/mol. The number of fused-ring (bicyclic) bond motifs is 1. The van der Waals surface area contributed by atoms with Gasteiger partial charge in [-0.2, -0.15) is 0 Å². The molecule has 1 aliphatic rings. The lowest BCUT2D eigenvalue weighted by molar-refractivity contribution is 0.137. The van der Waals surface area contributed by atoms with E-state index in [2.05, 4.69) is 36.6 Å². The summed E-state index contributed by atoms with van der Waals surface area (Å²) in [6.07, 6.45) is 2.84. The molecule has 42 heavy (non-hydrogen) atoms. The van der Waals surface area contributed by atoms with Gasteiger partial charge in [0, 0.05) is 38.8 Å². The van der Waals surface area contributed by atoms with Crippen LogP contribution < -0.4 is 36.7 Å². The van der Waals surface area contributed by atoms with Gasteiger partial charge in [0.25, 0.3) is 10.9 Å². The summed E-state index contributed by atoms with van der Waals surface area (Å²) in [5, 5.41) is 17.2. The number of nitrogens with two attached hydrogens (primary N) is 1. The second kappa shape index (κ2) is 14.7. The van der Waals surface area contributed by atoms with E-state index in [0.717, 1.165) is 31.2 Å². The van der Waals surface area contributed by atoms with Gasteiger partial charge in [-0.1, -0.05) is 44.2 Å². The van der Waals surface area contributed by atoms with Crippen molar-refractivity contribution in [3.8, 4) is 11.5 Å². The minimum atomic E-state index is -0.894. The van der Waals surface area contributed by atoms with Crippen LogP contribution in [-0.2, 0) is 24.0 Å². The molecule has 3 aromatic carbocycles.